The number of rotatable bonds is 1. The van der Waals surface area contributed by atoms with E-state index in [0.717, 1.165) is 22.1 Å². The summed E-state index contributed by atoms with van der Waals surface area (Å²) in [5.74, 6) is 0. The Morgan fingerprint density at radius 1 is 0.905 bits per heavy atom. The molecule has 3 aromatic rings. The van der Waals surface area contributed by atoms with Crippen LogP contribution in [0.2, 0.25) is 0 Å². The van der Waals surface area contributed by atoms with Gasteiger partial charge in [-0.15, -0.1) is 0 Å². The second-order valence-corrected chi connectivity index (χ2v) is 5.82. The monoisotopic (exact) mass is 275 g/mol. The minimum Gasteiger partial charge on any atom is -0.380 e. The van der Waals surface area contributed by atoms with Gasteiger partial charge < -0.3 is 10.8 Å². The number of benzene rings is 3. The molecule has 0 saturated heterocycles. The lowest BCUT2D eigenvalue weighted by atomic mass is 9.86. The van der Waals surface area contributed by atoms with Crippen molar-refractivity contribution in [2.75, 3.05) is 0 Å². The lowest BCUT2D eigenvalue weighted by molar-refractivity contribution is 0.0778. The molecule has 0 spiro atoms. The van der Waals surface area contributed by atoms with Gasteiger partial charge in [0.05, 0.1) is 0 Å². The smallest absolute Gasteiger partial charge is 0.117 e. The van der Waals surface area contributed by atoms with E-state index in [4.69, 9.17) is 5.73 Å². The van der Waals surface area contributed by atoms with E-state index in [1.54, 1.807) is 0 Å². The van der Waals surface area contributed by atoms with Gasteiger partial charge in [-0.05, 0) is 33.5 Å². The molecule has 4 rings (SSSR count). The van der Waals surface area contributed by atoms with Gasteiger partial charge in [-0.2, -0.15) is 0 Å². The van der Waals surface area contributed by atoms with Gasteiger partial charge >= 0.3 is 0 Å². The fourth-order valence-electron chi connectivity index (χ4n) is 3.46. The molecule has 0 bridgehead atoms. The fourth-order valence-corrected chi connectivity index (χ4v) is 3.46. The van der Waals surface area contributed by atoms with E-state index in [-0.39, 0.29) is 6.04 Å². The largest absolute Gasteiger partial charge is 0.380 e. The number of hydrogen-bond acceptors (Lipinski definition) is 2. The summed E-state index contributed by atoms with van der Waals surface area (Å²) in [6, 6.07) is 22.2. The zero-order chi connectivity index (χ0) is 14.4. The quantitative estimate of drug-likeness (QED) is 0.714. The van der Waals surface area contributed by atoms with Crippen LogP contribution >= 0.6 is 0 Å². The SMILES string of the molecule is NC1CC(O)(c2ccc3ccccc3c2)c2ccccc21. The van der Waals surface area contributed by atoms with Crippen molar-refractivity contribution in [3.05, 3.63) is 83.4 Å². The second kappa shape index (κ2) is 4.42. The predicted molar refractivity (Wildman–Crippen MR) is 84.9 cm³/mol. The summed E-state index contributed by atoms with van der Waals surface area (Å²) >= 11 is 0. The van der Waals surface area contributed by atoms with Crippen LogP contribution in [0.25, 0.3) is 10.8 Å². The van der Waals surface area contributed by atoms with E-state index in [0.29, 0.717) is 6.42 Å². The van der Waals surface area contributed by atoms with Crippen molar-refractivity contribution in [3.8, 4) is 0 Å². The van der Waals surface area contributed by atoms with Crippen molar-refractivity contribution in [2.45, 2.75) is 18.1 Å². The second-order valence-electron chi connectivity index (χ2n) is 5.82. The van der Waals surface area contributed by atoms with Gasteiger partial charge in [0, 0.05) is 12.5 Å². The van der Waals surface area contributed by atoms with Crippen LogP contribution in [0.1, 0.15) is 29.2 Å². The van der Waals surface area contributed by atoms with E-state index >= 15 is 0 Å². The average molecular weight is 275 g/mol. The van der Waals surface area contributed by atoms with Gasteiger partial charge in [0.1, 0.15) is 5.60 Å². The van der Waals surface area contributed by atoms with Gasteiger partial charge in [0.25, 0.3) is 0 Å². The van der Waals surface area contributed by atoms with Crippen molar-refractivity contribution >= 4 is 10.8 Å². The molecule has 0 saturated carbocycles. The molecule has 2 heteroatoms. The van der Waals surface area contributed by atoms with E-state index in [2.05, 4.69) is 24.3 Å². The van der Waals surface area contributed by atoms with Gasteiger partial charge in [0.2, 0.25) is 0 Å². The zero-order valence-electron chi connectivity index (χ0n) is 11.7. The third-order valence-electron chi connectivity index (χ3n) is 4.55. The van der Waals surface area contributed by atoms with Crippen molar-refractivity contribution < 1.29 is 5.11 Å². The van der Waals surface area contributed by atoms with Crippen LogP contribution in [0.15, 0.2) is 66.7 Å². The zero-order valence-corrected chi connectivity index (χ0v) is 11.7. The van der Waals surface area contributed by atoms with Crippen LogP contribution in [-0.4, -0.2) is 5.11 Å². The molecule has 1 aliphatic carbocycles. The first-order valence-electron chi connectivity index (χ1n) is 7.25. The summed E-state index contributed by atoms with van der Waals surface area (Å²) in [5.41, 5.74) is 8.13. The Hall–Kier alpha value is -2.16. The first-order valence-corrected chi connectivity index (χ1v) is 7.25. The maximum absolute atomic E-state index is 11.3. The first-order chi connectivity index (χ1) is 10.2. The Balaban J connectivity index is 1.92. The van der Waals surface area contributed by atoms with Gasteiger partial charge in [0.15, 0.2) is 0 Å². The predicted octanol–water partition coefficient (Wildman–Crippen LogP) is 3.48. The van der Waals surface area contributed by atoms with Crippen molar-refractivity contribution in [1.29, 1.82) is 0 Å². The summed E-state index contributed by atoms with van der Waals surface area (Å²) < 4.78 is 0. The summed E-state index contributed by atoms with van der Waals surface area (Å²) in [6.07, 6.45) is 0.532. The molecule has 1 aliphatic rings. The fraction of sp³-hybridized carbons (Fsp3) is 0.158. The normalized spacial score (nSPS) is 24.2. The minimum absolute atomic E-state index is 0.113. The average Bonchev–Trinajstić information content (AvgIpc) is 2.80. The lowest BCUT2D eigenvalue weighted by Crippen LogP contribution is -2.25. The lowest BCUT2D eigenvalue weighted by Gasteiger charge is -2.25. The maximum Gasteiger partial charge on any atom is 0.117 e. The third-order valence-corrected chi connectivity index (χ3v) is 4.55. The van der Waals surface area contributed by atoms with Crippen molar-refractivity contribution in [2.24, 2.45) is 5.73 Å². The van der Waals surface area contributed by atoms with E-state index in [9.17, 15) is 5.11 Å². The van der Waals surface area contributed by atoms with Crippen LogP contribution in [0, 0.1) is 0 Å². The molecule has 0 aliphatic heterocycles. The molecule has 0 radical (unpaired) electrons. The molecule has 104 valence electrons. The number of aliphatic hydroxyl groups is 1. The van der Waals surface area contributed by atoms with Crippen molar-refractivity contribution in [1.82, 2.24) is 0 Å². The summed E-state index contributed by atoms with van der Waals surface area (Å²) in [7, 11) is 0. The van der Waals surface area contributed by atoms with Gasteiger partial charge in [-0.1, -0.05) is 60.7 Å². The molecule has 0 heterocycles. The molecule has 21 heavy (non-hydrogen) atoms. The molecule has 3 aromatic carbocycles. The highest BCUT2D eigenvalue weighted by molar-refractivity contribution is 5.83. The van der Waals surface area contributed by atoms with Crippen LogP contribution in [-0.2, 0) is 5.60 Å². The summed E-state index contributed by atoms with van der Waals surface area (Å²) in [5, 5.41) is 13.6. The van der Waals surface area contributed by atoms with Crippen LogP contribution < -0.4 is 5.73 Å². The molecule has 0 amide bonds. The Morgan fingerprint density at radius 2 is 1.62 bits per heavy atom. The molecule has 2 nitrogen and oxygen atoms in total. The van der Waals surface area contributed by atoms with E-state index < -0.39 is 5.60 Å². The van der Waals surface area contributed by atoms with Crippen molar-refractivity contribution in [3.63, 3.8) is 0 Å². The molecule has 0 fully saturated rings. The Morgan fingerprint density at radius 3 is 2.48 bits per heavy atom. The summed E-state index contributed by atoms with van der Waals surface area (Å²) in [6.45, 7) is 0. The number of hydrogen-bond donors (Lipinski definition) is 2. The van der Waals surface area contributed by atoms with E-state index in [1.165, 1.54) is 5.39 Å². The Kier molecular flexibility index (Phi) is 2.64. The highest BCUT2D eigenvalue weighted by Gasteiger charge is 2.42. The first kappa shape index (κ1) is 12.6. The van der Waals surface area contributed by atoms with Crippen LogP contribution in [0.5, 0.6) is 0 Å². The van der Waals surface area contributed by atoms with Crippen LogP contribution in [0.3, 0.4) is 0 Å². The molecule has 2 unspecified atom stereocenters. The van der Waals surface area contributed by atoms with E-state index in [1.807, 2.05) is 42.5 Å². The minimum atomic E-state index is -0.986. The number of nitrogens with two attached hydrogens (primary N) is 1. The molecule has 3 N–H and O–H groups in total. The number of fused-ring (bicyclic) bond motifs is 2. The van der Waals surface area contributed by atoms with Gasteiger partial charge in [-0.3, -0.25) is 0 Å². The summed E-state index contributed by atoms with van der Waals surface area (Å²) in [4.78, 5) is 0. The Bertz CT molecular complexity index is 826. The Labute approximate surface area is 123 Å². The molecular weight excluding hydrogens is 258 g/mol. The maximum atomic E-state index is 11.3. The van der Waals surface area contributed by atoms with Crippen LogP contribution in [0.4, 0.5) is 0 Å². The highest BCUT2D eigenvalue weighted by Crippen LogP contribution is 2.46. The third kappa shape index (κ3) is 1.80. The van der Waals surface area contributed by atoms with Gasteiger partial charge in [-0.25, -0.2) is 0 Å². The topological polar surface area (TPSA) is 46.2 Å². The molecule has 2 atom stereocenters. The highest BCUT2D eigenvalue weighted by atomic mass is 16.3. The molecule has 0 aromatic heterocycles. The molecular formula is C19H17NO. The standard InChI is InChI=1S/C19H17NO/c20-18-12-19(21,17-8-4-3-7-16(17)18)15-10-9-13-5-1-2-6-14(13)11-15/h1-11,18,21H,12,20H2.